The highest BCUT2D eigenvalue weighted by Crippen LogP contribution is 2.26. The van der Waals surface area contributed by atoms with Crippen LogP contribution in [0.2, 0.25) is 0 Å². The first-order chi connectivity index (χ1) is 7.09. The molecule has 4 nitrogen and oxygen atoms in total. The molecule has 1 aromatic heterocycles. The van der Waals surface area contributed by atoms with Crippen LogP contribution in [0.1, 0.15) is 35.3 Å². The minimum absolute atomic E-state index is 0.0754. The summed E-state index contributed by atoms with van der Waals surface area (Å²) < 4.78 is 1.68. The Morgan fingerprint density at radius 1 is 1.60 bits per heavy atom. The number of aromatic nitrogens is 2. The lowest BCUT2D eigenvalue weighted by Crippen LogP contribution is -2.12. The summed E-state index contributed by atoms with van der Waals surface area (Å²) in [5.41, 5.74) is 1.54. The molecule has 1 atom stereocenters. The molecule has 1 fully saturated rings. The predicted octanol–water partition coefficient (Wildman–Crippen LogP) is 1.28. The van der Waals surface area contributed by atoms with Crippen molar-refractivity contribution in [3.05, 3.63) is 17.5 Å². The van der Waals surface area contributed by atoms with Crippen LogP contribution in [0.25, 0.3) is 0 Å². The summed E-state index contributed by atoms with van der Waals surface area (Å²) in [5.74, 6) is 0.168. The van der Waals surface area contributed by atoms with Gasteiger partial charge in [-0.25, -0.2) is 0 Å². The topological polar surface area (TPSA) is 52.0 Å². The molecule has 80 valence electrons. The molecule has 0 N–H and O–H groups in total. The Morgan fingerprint density at radius 3 is 2.80 bits per heavy atom. The van der Waals surface area contributed by atoms with Gasteiger partial charge in [0.2, 0.25) is 0 Å². The van der Waals surface area contributed by atoms with Crippen molar-refractivity contribution < 1.29 is 9.59 Å². The summed E-state index contributed by atoms with van der Waals surface area (Å²) in [7, 11) is 1.81. The quantitative estimate of drug-likeness (QED) is 0.685. The number of hydrogen-bond acceptors (Lipinski definition) is 3. The van der Waals surface area contributed by atoms with E-state index in [1.165, 1.54) is 0 Å². The molecule has 2 rings (SSSR count). The zero-order valence-electron chi connectivity index (χ0n) is 8.99. The SMILES string of the molecule is Cc1c(C(=O)C2CCC(=O)C2)cnn1C. The number of ketones is 2. The minimum Gasteiger partial charge on any atom is -0.300 e. The van der Waals surface area contributed by atoms with Gasteiger partial charge < -0.3 is 0 Å². The van der Waals surface area contributed by atoms with Crippen molar-refractivity contribution in [1.82, 2.24) is 9.78 Å². The molecule has 1 saturated carbocycles. The number of rotatable bonds is 2. The molecule has 1 aromatic rings. The fourth-order valence-electron chi connectivity index (χ4n) is 2.00. The number of hydrogen-bond donors (Lipinski definition) is 0. The highest BCUT2D eigenvalue weighted by molar-refractivity contribution is 6.02. The monoisotopic (exact) mass is 206 g/mol. The first-order valence-corrected chi connectivity index (χ1v) is 5.14. The Hall–Kier alpha value is -1.45. The van der Waals surface area contributed by atoms with Crippen molar-refractivity contribution in [1.29, 1.82) is 0 Å². The third kappa shape index (κ3) is 1.71. The van der Waals surface area contributed by atoms with Crippen LogP contribution in [0.15, 0.2) is 6.20 Å². The lowest BCUT2D eigenvalue weighted by Gasteiger charge is -2.05. The van der Waals surface area contributed by atoms with E-state index in [4.69, 9.17) is 0 Å². The van der Waals surface area contributed by atoms with Gasteiger partial charge in [-0.15, -0.1) is 0 Å². The van der Waals surface area contributed by atoms with Crippen molar-refractivity contribution in [2.45, 2.75) is 26.2 Å². The first kappa shape index (κ1) is 10.1. The summed E-state index contributed by atoms with van der Waals surface area (Å²) in [5, 5.41) is 4.04. The predicted molar refractivity (Wildman–Crippen MR) is 54.6 cm³/mol. The Labute approximate surface area is 88.3 Å². The average Bonchev–Trinajstić information content (AvgIpc) is 2.75. The van der Waals surface area contributed by atoms with Crippen LogP contribution < -0.4 is 0 Å². The molecule has 4 heteroatoms. The summed E-state index contributed by atoms with van der Waals surface area (Å²) in [6.45, 7) is 1.87. The van der Waals surface area contributed by atoms with Gasteiger partial charge in [0.05, 0.1) is 11.8 Å². The fourth-order valence-corrected chi connectivity index (χ4v) is 2.00. The van der Waals surface area contributed by atoms with Crippen LogP contribution in [0.4, 0.5) is 0 Å². The molecule has 0 aromatic carbocycles. The maximum atomic E-state index is 12.0. The Morgan fingerprint density at radius 2 is 2.33 bits per heavy atom. The van der Waals surface area contributed by atoms with E-state index in [2.05, 4.69) is 5.10 Å². The van der Waals surface area contributed by atoms with Crippen molar-refractivity contribution in [2.75, 3.05) is 0 Å². The largest absolute Gasteiger partial charge is 0.300 e. The molecular weight excluding hydrogens is 192 g/mol. The normalized spacial score (nSPS) is 20.9. The smallest absolute Gasteiger partial charge is 0.169 e. The highest BCUT2D eigenvalue weighted by Gasteiger charge is 2.30. The zero-order valence-corrected chi connectivity index (χ0v) is 8.99. The summed E-state index contributed by atoms with van der Waals surface area (Å²) in [6, 6.07) is 0. The number of Topliss-reactive ketones (excluding diaryl/α,β-unsaturated/α-hetero) is 2. The molecular formula is C11H14N2O2. The molecule has 0 radical (unpaired) electrons. The Bertz CT molecular complexity index is 420. The van der Waals surface area contributed by atoms with Crippen LogP contribution >= 0.6 is 0 Å². The fraction of sp³-hybridized carbons (Fsp3) is 0.545. The first-order valence-electron chi connectivity index (χ1n) is 5.14. The van der Waals surface area contributed by atoms with E-state index in [0.29, 0.717) is 24.8 Å². The lowest BCUT2D eigenvalue weighted by atomic mass is 9.97. The van der Waals surface area contributed by atoms with Gasteiger partial charge in [0, 0.05) is 31.5 Å². The van der Waals surface area contributed by atoms with Gasteiger partial charge in [-0.1, -0.05) is 0 Å². The third-order valence-corrected chi connectivity index (χ3v) is 3.12. The van der Waals surface area contributed by atoms with E-state index in [9.17, 15) is 9.59 Å². The second-order valence-corrected chi connectivity index (χ2v) is 4.11. The molecule has 1 aliphatic carbocycles. The van der Waals surface area contributed by atoms with E-state index in [1.807, 2.05) is 14.0 Å². The summed E-state index contributed by atoms with van der Waals surface area (Å²) in [6.07, 6.45) is 3.26. The van der Waals surface area contributed by atoms with Gasteiger partial charge in [-0.2, -0.15) is 5.10 Å². The molecule has 0 bridgehead atoms. The minimum atomic E-state index is -0.111. The summed E-state index contributed by atoms with van der Waals surface area (Å²) >= 11 is 0. The summed E-state index contributed by atoms with van der Waals surface area (Å²) in [4.78, 5) is 23.1. The van der Waals surface area contributed by atoms with Crippen molar-refractivity contribution in [2.24, 2.45) is 13.0 Å². The highest BCUT2D eigenvalue weighted by atomic mass is 16.1. The lowest BCUT2D eigenvalue weighted by molar-refractivity contribution is -0.117. The number of carbonyl (C=O) groups excluding carboxylic acids is 2. The Kier molecular flexibility index (Phi) is 2.42. The van der Waals surface area contributed by atoms with Crippen LogP contribution in [0, 0.1) is 12.8 Å². The molecule has 1 unspecified atom stereocenters. The van der Waals surface area contributed by atoms with Gasteiger partial charge >= 0.3 is 0 Å². The number of nitrogens with zero attached hydrogens (tertiary/aromatic N) is 2. The molecule has 0 amide bonds. The van der Waals surface area contributed by atoms with Crippen LogP contribution in [0.3, 0.4) is 0 Å². The van der Waals surface area contributed by atoms with E-state index in [-0.39, 0.29) is 17.5 Å². The molecule has 1 heterocycles. The molecule has 0 aliphatic heterocycles. The van der Waals surface area contributed by atoms with Gasteiger partial charge in [0.25, 0.3) is 0 Å². The number of aryl methyl sites for hydroxylation is 1. The van der Waals surface area contributed by atoms with Crippen molar-refractivity contribution >= 4 is 11.6 Å². The molecule has 1 aliphatic rings. The molecule has 0 spiro atoms. The van der Waals surface area contributed by atoms with Crippen molar-refractivity contribution in [3.8, 4) is 0 Å². The Balaban J connectivity index is 2.21. The van der Waals surface area contributed by atoms with E-state index < -0.39 is 0 Å². The molecule has 0 saturated heterocycles. The maximum Gasteiger partial charge on any atom is 0.169 e. The maximum absolute atomic E-state index is 12.0. The third-order valence-electron chi connectivity index (χ3n) is 3.12. The standard InChI is InChI=1S/C11H14N2O2/c1-7-10(6-12-13(7)2)11(15)8-3-4-9(14)5-8/h6,8H,3-5H2,1-2H3. The average molecular weight is 206 g/mol. The van der Waals surface area contributed by atoms with Gasteiger partial charge in [-0.05, 0) is 13.3 Å². The van der Waals surface area contributed by atoms with Crippen LogP contribution in [-0.4, -0.2) is 21.3 Å². The van der Waals surface area contributed by atoms with Gasteiger partial charge in [0.15, 0.2) is 5.78 Å². The van der Waals surface area contributed by atoms with Crippen molar-refractivity contribution in [3.63, 3.8) is 0 Å². The molecule has 15 heavy (non-hydrogen) atoms. The van der Waals surface area contributed by atoms with Gasteiger partial charge in [0.1, 0.15) is 5.78 Å². The van der Waals surface area contributed by atoms with Crippen LogP contribution in [0.5, 0.6) is 0 Å². The van der Waals surface area contributed by atoms with Crippen LogP contribution in [-0.2, 0) is 11.8 Å². The van der Waals surface area contributed by atoms with E-state index in [0.717, 1.165) is 5.69 Å². The van der Waals surface area contributed by atoms with E-state index >= 15 is 0 Å². The van der Waals surface area contributed by atoms with E-state index in [1.54, 1.807) is 10.9 Å². The van der Waals surface area contributed by atoms with Gasteiger partial charge in [-0.3, -0.25) is 14.3 Å². The second kappa shape index (κ2) is 3.61. The zero-order chi connectivity index (χ0) is 11.0. The second-order valence-electron chi connectivity index (χ2n) is 4.11. The number of carbonyl (C=O) groups is 2.